The lowest BCUT2D eigenvalue weighted by Gasteiger charge is -2.26. The Kier molecular flexibility index (Phi) is 5.82. The van der Waals surface area contributed by atoms with Gasteiger partial charge in [0.25, 0.3) is 11.8 Å². The summed E-state index contributed by atoms with van der Waals surface area (Å²) in [7, 11) is 2.33. The van der Waals surface area contributed by atoms with Crippen LogP contribution in [0, 0.1) is 5.41 Å². The molecule has 2 aromatic carbocycles. The first-order valence-corrected chi connectivity index (χ1v) is 9.23. The number of hydrogen-bond acceptors (Lipinski definition) is 6. The van der Waals surface area contributed by atoms with Gasteiger partial charge in [0, 0.05) is 0 Å². The molecule has 7 heteroatoms. The van der Waals surface area contributed by atoms with Gasteiger partial charge in [0.2, 0.25) is 0 Å². The zero-order valence-corrected chi connectivity index (χ0v) is 16.8. The summed E-state index contributed by atoms with van der Waals surface area (Å²) >= 11 is 0. The fraction of sp³-hybridized carbons (Fsp3) is 0.217. The van der Waals surface area contributed by atoms with E-state index in [0.29, 0.717) is 16.7 Å². The number of fused-ring (bicyclic) bond motifs is 1. The molecule has 0 saturated heterocycles. The lowest BCUT2D eigenvalue weighted by atomic mass is 9.88. The third-order valence-electron chi connectivity index (χ3n) is 5.08. The third kappa shape index (κ3) is 3.50. The van der Waals surface area contributed by atoms with E-state index in [1.807, 2.05) is 0 Å². The van der Waals surface area contributed by atoms with E-state index in [-0.39, 0.29) is 0 Å². The van der Waals surface area contributed by atoms with Gasteiger partial charge in [-0.25, -0.2) is 0 Å². The Labute approximate surface area is 173 Å². The van der Waals surface area contributed by atoms with Crippen molar-refractivity contribution in [2.24, 2.45) is 5.41 Å². The molecule has 0 spiro atoms. The van der Waals surface area contributed by atoms with E-state index >= 15 is 0 Å². The van der Waals surface area contributed by atoms with Crippen molar-refractivity contribution in [1.29, 1.82) is 0 Å². The molecule has 0 aliphatic carbocycles. The molecule has 0 fully saturated rings. The zero-order chi connectivity index (χ0) is 21.9. The number of benzene rings is 2. The molecule has 0 bridgehead atoms. The average molecular weight is 407 g/mol. The van der Waals surface area contributed by atoms with Crippen LogP contribution >= 0.6 is 0 Å². The van der Waals surface area contributed by atoms with Crippen LogP contribution in [0.2, 0.25) is 0 Å². The minimum absolute atomic E-state index is 0.306. The summed E-state index contributed by atoms with van der Waals surface area (Å²) in [6.07, 6.45) is 2.79. The van der Waals surface area contributed by atoms with E-state index in [0.717, 1.165) is 19.1 Å². The van der Waals surface area contributed by atoms with Crippen molar-refractivity contribution in [3.05, 3.63) is 83.4 Å². The average Bonchev–Trinajstić information content (AvgIpc) is 3.04. The zero-order valence-electron chi connectivity index (χ0n) is 16.8. The molecule has 0 saturated carbocycles. The number of imide groups is 1. The maximum absolute atomic E-state index is 13.0. The Hall–Kier alpha value is -3.74. The highest BCUT2D eigenvalue weighted by Crippen LogP contribution is 2.34. The second kappa shape index (κ2) is 8.32. The van der Waals surface area contributed by atoms with Gasteiger partial charge in [-0.3, -0.25) is 24.1 Å². The Morgan fingerprint density at radius 2 is 1.33 bits per heavy atom. The van der Waals surface area contributed by atoms with Gasteiger partial charge in [0.1, 0.15) is 0 Å². The number of ether oxygens (including phenoxy) is 2. The molecule has 0 radical (unpaired) electrons. The first-order valence-electron chi connectivity index (χ1n) is 9.23. The topological polar surface area (TPSA) is 90.0 Å². The Bertz CT molecular complexity index is 976. The number of methoxy groups -OCH3 is 2. The van der Waals surface area contributed by atoms with Crippen LogP contribution in [-0.4, -0.2) is 42.9 Å². The summed E-state index contributed by atoms with van der Waals surface area (Å²) in [6, 6.07) is 14.6. The highest BCUT2D eigenvalue weighted by molar-refractivity contribution is 6.21. The molecule has 1 aliphatic heterocycles. The van der Waals surface area contributed by atoms with Crippen LogP contribution in [0.3, 0.4) is 0 Å². The van der Waals surface area contributed by atoms with Gasteiger partial charge >= 0.3 is 11.9 Å². The number of rotatable bonds is 6. The molecule has 30 heavy (non-hydrogen) atoms. The van der Waals surface area contributed by atoms with Crippen molar-refractivity contribution in [1.82, 2.24) is 4.90 Å². The molecule has 0 N–H and O–H groups in total. The Balaban J connectivity index is 2.09. The number of nitrogens with zero attached hydrogens (tertiary/aromatic N) is 1. The van der Waals surface area contributed by atoms with Crippen molar-refractivity contribution < 1.29 is 28.7 Å². The molecule has 0 unspecified atom stereocenters. The maximum atomic E-state index is 13.0. The number of esters is 2. The fourth-order valence-corrected chi connectivity index (χ4v) is 3.38. The van der Waals surface area contributed by atoms with Crippen LogP contribution in [0.15, 0.2) is 66.7 Å². The number of carbonyl (C=O) groups excluding carboxylic acids is 4. The maximum Gasteiger partial charge on any atom is 0.326 e. The summed E-state index contributed by atoms with van der Waals surface area (Å²) in [5.41, 5.74) is -0.490. The van der Waals surface area contributed by atoms with Gasteiger partial charge in [-0.1, -0.05) is 54.6 Å². The summed E-state index contributed by atoms with van der Waals surface area (Å²) in [5.74, 6) is -2.54. The SMILES string of the molecule is COC(=O)C(C)(/C=C/[C@@H](c1ccccc1)N1C(=O)c2ccccc2C1=O)C(=O)OC. The summed E-state index contributed by atoms with van der Waals surface area (Å²) < 4.78 is 9.51. The summed E-state index contributed by atoms with van der Waals surface area (Å²) in [4.78, 5) is 51.7. The molecule has 1 atom stereocenters. The number of hydrogen-bond donors (Lipinski definition) is 0. The molecular formula is C23H21NO6. The van der Waals surface area contributed by atoms with E-state index < -0.39 is 35.2 Å². The Morgan fingerprint density at radius 1 is 0.867 bits per heavy atom. The van der Waals surface area contributed by atoms with Gasteiger partial charge in [0.05, 0.1) is 31.4 Å². The Morgan fingerprint density at radius 3 is 1.80 bits per heavy atom. The van der Waals surface area contributed by atoms with Gasteiger partial charge in [-0.05, 0) is 24.6 Å². The highest BCUT2D eigenvalue weighted by atomic mass is 16.5. The molecule has 2 amide bonds. The molecule has 1 aliphatic rings. The van der Waals surface area contributed by atoms with Crippen molar-refractivity contribution in [2.75, 3.05) is 14.2 Å². The van der Waals surface area contributed by atoms with Crippen LogP contribution in [0.1, 0.15) is 39.2 Å². The second-order valence-electron chi connectivity index (χ2n) is 6.93. The molecule has 3 rings (SSSR count). The summed E-state index contributed by atoms with van der Waals surface area (Å²) in [5, 5.41) is 0. The number of carbonyl (C=O) groups is 4. The molecule has 7 nitrogen and oxygen atoms in total. The van der Waals surface area contributed by atoms with Gasteiger partial charge < -0.3 is 9.47 Å². The predicted octanol–water partition coefficient (Wildman–Crippen LogP) is 2.93. The van der Waals surface area contributed by atoms with E-state index in [9.17, 15) is 19.2 Å². The molecule has 2 aromatic rings. The quantitative estimate of drug-likeness (QED) is 0.317. The van der Waals surface area contributed by atoms with E-state index in [4.69, 9.17) is 9.47 Å². The van der Waals surface area contributed by atoms with Gasteiger partial charge in [-0.2, -0.15) is 0 Å². The monoisotopic (exact) mass is 407 g/mol. The standard InChI is InChI=1S/C23H21NO6/c1-23(21(27)29-2,22(28)30-3)14-13-18(15-9-5-4-6-10-15)24-19(25)16-11-7-8-12-17(16)20(24)26/h4-14,18H,1-3H3/b14-13+/t18-/m0/s1. The molecule has 0 aromatic heterocycles. The van der Waals surface area contributed by atoms with Crippen molar-refractivity contribution in [3.8, 4) is 0 Å². The minimum atomic E-state index is -1.74. The van der Waals surface area contributed by atoms with E-state index in [1.165, 1.54) is 19.1 Å². The van der Waals surface area contributed by atoms with Crippen LogP contribution in [0.25, 0.3) is 0 Å². The minimum Gasteiger partial charge on any atom is -0.468 e. The van der Waals surface area contributed by atoms with E-state index in [1.54, 1.807) is 54.6 Å². The second-order valence-corrected chi connectivity index (χ2v) is 6.93. The summed E-state index contributed by atoms with van der Waals surface area (Å²) in [6.45, 7) is 1.35. The first-order chi connectivity index (χ1) is 14.3. The smallest absolute Gasteiger partial charge is 0.326 e. The van der Waals surface area contributed by atoms with Crippen LogP contribution in [0.5, 0.6) is 0 Å². The van der Waals surface area contributed by atoms with Gasteiger partial charge in [-0.15, -0.1) is 0 Å². The van der Waals surface area contributed by atoms with Crippen LogP contribution < -0.4 is 0 Å². The normalized spacial score (nSPS) is 14.6. The van der Waals surface area contributed by atoms with E-state index in [2.05, 4.69) is 0 Å². The van der Waals surface area contributed by atoms with Crippen LogP contribution in [0.4, 0.5) is 0 Å². The third-order valence-corrected chi connectivity index (χ3v) is 5.08. The fourth-order valence-electron chi connectivity index (χ4n) is 3.38. The van der Waals surface area contributed by atoms with Crippen molar-refractivity contribution >= 4 is 23.8 Å². The lowest BCUT2D eigenvalue weighted by Crippen LogP contribution is -2.38. The molecule has 1 heterocycles. The van der Waals surface area contributed by atoms with Gasteiger partial charge in [0.15, 0.2) is 5.41 Å². The first kappa shape index (κ1) is 21.0. The van der Waals surface area contributed by atoms with Crippen molar-refractivity contribution in [2.45, 2.75) is 13.0 Å². The highest BCUT2D eigenvalue weighted by Gasteiger charge is 2.43. The number of amides is 2. The molecule has 154 valence electrons. The lowest BCUT2D eigenvalue weighted by molar-refractivity contribution is -0.163. The largest absolute Gasteiger partial charge is 0.468 e. The molecular weight excluding hydrogens is 386 g/mol. The van der Waals surface area contributed by atoms with Crippen molar-refractivity contribution in [3.63, 3.8) is 0 Å². The van der Waals surface area contributed by atoms with Crippen LogP contribution in [-0.2, 0) is 19.1 Å². The predicted molar refractivity (Wildman–Crippen MR) is 107 cm³/mol.